The largest absolute Gasteiger partial charge is 0.490 e. The monoisotopic (exact) mass is 404 g/mol. The van der Waals surface area contributed by atoms with Gasteiger partial charge in [0, 0.05) is 56.9 Å². The molecule has 2 aliphatic rings. The van der Waals surface area contributed by atoms with Gasteiger partial charge in [-0.3, -0.25) is 0 Å². The molecule has 3 heterocycles. The van der Waals surface area contributed by atoms with Crippen molar-refractivity contribution >= 4 is 23.5 Å². The van der Waals surface area contributed by atoms with E-state index in [0.29, 0.717) is 6.61 Å². The molecule has 0 unspecified atom stereocenters. The Kier molecular flexibility index (Phi) is 6.28. The number of hydrogen-bond acceptors (Lipinski definition) is 5. The van der Waals surface area contributed by atoms with Crippen LogP contribution in [0.4, 0.5) is 5.69 Å². The summed E-state index contributed by atoms with van der Waals surface area (Å²) in [5, 5.41) is 4.37. The maximum absolute atomic E-state index is 5.72. The number of nitrogens with zero attached hydrogens (tertiary/aromatic N) is 3. The Morgan fingerprint density at radius 3 is 3.21 bits per heavy atom. The SMILES string of the molecule is Cn1ccnc1SCCN1C#CC/C=C(/C=C/c2ccc3c(c2)OCCN3)\C=C/1. The minimum absolute atomic E-state index is 0.709. The van der Waals surface area contributed by atoms with Crippen molar-refractivity contribution in [3.8, 4) is 17.7 Å². The first-order valence-electron chi connectivity index (χ1n) is 9.70. The summed E-state index contributed by atoms with van der Waals surface area (Å²) >= 11 is 1.74. The lowest BCUT2D eigenvalue weighted by atomic mass is 10.1. The van der Waals surface area contributed by atoms with Crippen LogP contribution in [0.15, 0.2) is 65.8 Å². The van der Waals surface area contributed by atoms with Gasteiger partial charge in [0.15, 0.2) is 5.16 Å². The molecule has 0 aliphatic carbocycles. The first kappa shape index (κ1) is 19.3. The maximum atomic E-state index is 5.72. The maximum Gasteiger partial charge on any atom is 0.167 e. The van der Waals surface area contributed by atoms with Crippen molar-refractivity contribution in [2.75, 3.05) is 30.8 Å². The van der Waals surface area contributed by atoms with Crippen molar-refractivity contribution < 1.29 is 4.74 Å². The normalized spacial score (nSPS) is 18.4. The van der Waals surface area contributed by atoms with E-state index in [1.165, 1.54) is 0 Å². The Morgan fingerprint density at radius 2 is 2.31 bits per heavy atom. The number of rotatable bonds is 6. The molecule has 0 fully saturated rings. The minimum atomic E-state index is 0.709. The smallest absolute Gasteiger partial charge is 0.167 e. The Morgan fingerprint density at radius 1 is 1.34 bits per heavy atom. The second kappa shape index (κ2) is 9.44. The molecule has 2 aromatic rings. The first-order chi connectivity index (χ1) is 14.3. The van der Waals surface area contributed by atoms with Gasteiger partial charge in [0.1, 0.15) is 12.4 Å². The van der Waals surface area contributed by atoms with Crippen LogP contribution in [-0.2, 0) is 7.05 Å². The third-order valence-electron chi connectivity index (χ3n) is 4.60. The number of benzene rings is 1. The summed E-state index contributed by atoms with van der Waals surface area (Å²) in [5.41, 5.74) is 3.34. The zero-order chi connectivity index (χ0) is 19.9. The molecule has 0 amide bonds. The Labute approximate surface area is 176 Å². The van der Waals surface area contributed by atoms with Gasteiger partial charge in [0.05, 0.1) is 5.69 Å². The van der Waals surface area contributed by atoms with E-state index in [1.807, 2.05) is 24.0 Å². The van der Waals surface area contributed by atoms with Crippen LogP contribution in [0.5, 0.6) is 5.75 Å². The van der Waals surface area contributed by atoms with Crippen molar-refractivity contribution in [3.63, 3.8) is 0 Å². The first-order valence-corrected chi connectivity index (χ1v) is 10.7. The van der Waals surface area contributed by atoms with Crippen molar-refractivity contribution in [1.82, 2.24) is 14.5 Å². The molecule has 6 heteroatoms. The Hall–Kier alpha value is -3.04. The van der Waals surface area contributed by atoms with Crippen LogP contribution in [-0.4, -0.2) is 39.9 Å². The predicted molar refractivity (Wildman–Crippen MR) is 120 cm³/mol. The quantitative estimate of drug-likeness (QED) is 0.579. The third kappa shape index (κ3) is 5.27. The van der Waals surface area contributed by atoms with Crippen molar-refractivity contribution in [2.45, 2.75) is 11.6 Å². The van der Waals surface area contributed by atoms with Gasteiger partial charge in [0.25, 0.3) is 0 Å². The highest BCUT2D eigenvalue weighted by Gasteiger charge is 2.08. The number of allylic oxidation sites excluding steroid dienone is 4. The molecule has 0 saturated heterocycles. The van der Waals surface area contributed by atoms with Crippen LogP contribution < -0.4 is 10.1 Å². The van der Waals surface area contributed by atoms with E-state index in [-0.39, 0.29) is 0 Å². The molecule has 0 radical (unpaired) electrons. The van der Waals surface area contributed by atoms with E-state index in [4.69, 9.17) is 4.74 Å². The third-order valence-corrected chi connectivity index (χ3v) is 5.64. The molecule has 1 aromatic carbocycles. The van der Waals surface area contributed by atoms with E-state index in [9.17, 15) is 0 Å². The molecule has 2 aliphatic heterocycles. The van der Waals surface area contributed by atoms with E-state index in [2.05, 4.69) is 75.9 Å². The van der Waals surface area contributed by atoms with E-state index >= 15 is 0 Å². The predicted octanol–water partition coefficient (Wildman–Crippen LogP) is 4.14. The fourth-order valence-electron chi connectivity index (χ4n) is 3.02. The molecule has 5 nitrogen and oxygen atoms in total. The van der Waals surface area contributed by atoms with Gasteiger partial charge in [-0.15, -0.1) is 0 Å². The van der Waals surface area contributed by atoms with Crippen molar-refractivity contribution in [3.05, 3.63) is 66.2 Å². The van der Waals surface area contributed by atoms with Gasteiger partial charge in [-0.05, 0) is 29.3 Å². The molecular formula is C23H24N4OS. The molecule has 0 saturated carbocycles. The molecule has 1 aromatic heterocycles. The molecule has 148 valence electrons. The highest BCUT2D eigenvalue weighted by molar-refractivity contribution is 7.99. The number of imidazole rings is 1. The number of hydrogen-bond donors (Lipinski definition) is 1. The zero-order valence-electron chi connectivity index (χ0n) is 16.5. The number of ether oxygens (including phenoxy) is 1. The van der Waals surface area contributed by atoms with Crippen LogP contribution in [0.25, 0.3) is 6.08 Å². The number of fused-ring (bicyclic) bond motifs is 1. The summed E-state index contributed by atoms with van der Waals surface area (Å²) < 4.78 is 7.76. The van der Waals surface area contributed by atoms with Crippen LogP contribution in [0, 0.1) is 12.0 Å². The second-order valence-electron chi connectivity index (χ2n) is 6.74. The topological polar surface area (TPSA) is 42.3 Å². The van der Waals surface area contributed by atoms with Gasteiger partial charge in [0.2, 0.25) is 0 Å². The summed E-state index contributed by atoms with van der Waals surface area (Å²) in [7, 11) is 2.01. The molecule has 0 atom stereocenters. The Bertz CT molecular complexity index is 1010. The van der Waals surface area contributed by atoms with E-state index in [0.717, 1.165) is 53.0 Å². The fraction of sp³-hybridized carbons (Fsp3) is 0.261. The van der Waals surface area contributed by atoms with Crippen LogP contribution >= 0.6 is 11.8 Å². The number of anilines is 1. The van der Waals surface area contributed by atoms with E-state index < -0.39 is 0 Å². The lowest BCUT2D eigenvalue weighted by Gasteiger charge is -2.19. The van der Waals surface area contributed by atoms with Gasteiger partial charge in [-0.1, -0.05) is 42.0 Å². The average Bonchev–Trinajstić information content (AvgIpc) is 3.14. The van der Waals surface area contributed by atoms with Crippen molar-refractivity contribution in [2.24, 2.45) is 7.05 Å². The van der Waals surface area contributed by atoms with Gasteiger partial charge in [-0.25, -0.2) is 4.98 Å². The molecule has 0 bridgehead atoms. The summed E-state index contributed by atoms with van der Waals surface area (Å²) in [4.78, 5) is 6.40. The van der Waals surface area contributed by atoms with Crippen molar-refractivity contribution in [1.29, 1.82) is 0 Å². The number of nitrogens with one attached hydrogen (secondary N) is 1. The molecule has 1 N–H and O–H groups in total. The highest BCUT2D eigenvalue weighted by Crippen LogP contribution is 2.28. The second-order valence-corrected chi connectivity index (χ2v) is 7.80. The van der Waals surface area contributed by atoms with Gasteiger partial charge in [-0.2, -0.15) is 0 Å². The summed E-state index contributed by atoms with van der Waals surface area (Å²) in [5.74, 6) is 5.07. The molecular weight excluding hydrogens is 380 g/mol. The lowest BCUT2D eigenvalue weighted by molar-refractivity contribution is 0.323. The van der Waals surface area contributed by atoms with Gasteiger partial charge < -0.3 is 19.5 Å². The highest BCUT2D eigenvalue weighted by atomic mass is 32.2. The van der Waals surface area contributed by atoms with Crippen LogP contribution in [0.1, 0.15) is 12.0 Å². The molecule has 29 heavy (non-hydrogen) atoms. The summed E-state index contributed by atoms with van der Waals surface area (Å²) in [6.45, 7) is 2.42. The Balaban J connectivity index is 1.35. The number of aromatic nitrogens is 2. The summed E-state index contributed by atoms with van der Waals surface area (Å²) in [6.07, 6.45) is 15.1. The standard InChI is InChI=1S/C23H24N4OS/c1-26-14-10-25-23(26)29-17-15-27-12-3-2-4-19(9-13-27)5-6-20-7-8-21-22(18-20)28-16-11-24-21/h4-10,13-14,18,24H,2,11,15-17H2,1H3/b6-5+,13-9-,19-4-. The lowest BCUT2D eigenvalue weighted by Crippen LogP contribution is -2.17. The van der Waals surface area contributed by atoms with Crippen LogP contribution in [0.3, 0.4) is 0 Å². The molecule has 0 spiro atoms. The fourth-order valence-corrected chi connectivity index (χ4v) is 3.90. The van der Waals surface area contributed by atoms with E-state index in [1.54, 1.807) is 11.8 Å². The zero-order valence-corrected chi connectivity index (χ0v) is 17.3. The van der Waals surface area contributed by atoms with Crippen LogP contribution in [0.2, 0.25) is 0 Å². The number of thioether (sulfide) groups is 1. The number of aryl methyl sites for hydroxylation is 1. The molecule has 4 rings (SSSR count). The average molecular weight is 405 g/mol. The van der Waals surface area contributed by atoms with Gasteiger partial charge >= 0.3 is 0 Å². The summed E-state index contributed by atoms with van der Waals surface area (Å²) in [6, 6.07) is 9.46. The minimum Gasteiger partial charge on any atom is -0.490 e.